The summed E-state index contributed by atoms with van der Waals surface area (Å²) in [5.41, 5.74) is 0. The van der Waals surface area contributed by atoms with Crippen molar-refractivity contribution in [1.82, 2.24) is 4.31 Å². The van der Waals surface area contributed by atoms with Crippen molar-refractivity contribution >= 4 is 37.6 Å². The monoisotopic (exact) mass is 379 g/mol. The van der Waals surface area contributed by atoms with Crippen molar-refractivity contribution in [3.05, 3.63) is 27.7 Å². The maximum absolute atomic E-state index is 12.3. The van der Waals surface area contributed by atoms with Crippen molar-refractivity contribution in [3.8, 4) is 0 Å². The first-order valence-corrected chi connectivity index (χ1v) is 7.71. The van der Waals surface area contributed by atoms with Gasteiger partial charge >= 0.3 is 6.18 Å². The van der Waals surface area contributed by atoms with Gasteiger partial charge in [0.15, 0.2) is 0 Å². The van der Waals surface area contributed by atoms with Gasteiger partial charge in [-0.05, 0) is 34.1 Å². The average Bonchev–Trinajstić information content (AvgIpc) is 2.28. The number of nitrogens with zero attached hydrogens (tertiary/aromatic N) is 1. The van der Waals surface area contributed by atoms with Gasteiger partial charge in [0, 0.05) is 11.0 Å². The molecule has 0 saturated carbocycles. The first-order valence-electron chi connectivity index (χ1n) is 5.10. The zero-order valence-corrected chi connectivity index (χ0v) is 12.9. The van der Waals surface area contributed by atoms with Crippen molar-refractivity contribution in [2.24, 2.45) is 0 Å². The summed E-state index contributed by atoms with van der Waals surface area (Å²) in [6.45, 7) is -0.456. The molecule has 0 bridgehead atoms. The molecule has 1 aromatic rings. The Balaban J connectivity index is 3.17. The van der Waals surface area contributed by atoms with Gasteiger partial charge in [0.05, 0.1) is 9.92 Å². The molecular weight excluding hydrogens is 371 g/mol. The van der Waals surface area contributed by atoms with Crippen LogP contribution in [0.5, 0.6) is 0 Å². The summed E-state index contributed by atoms with van der Waals surface area (Å²) in [5.74, 6) is 0. The number of benzene rings is 1. The predicted molar refractivity (Wildman–Crippen MR) is 69.6 cm³/mol. The molecule has 19 heavy (non-hydrogen) atoms. The van der Waals surface area contributed by atoms with Crippen LogP contribution < -0.4 is 0 Å². The fourth-order valence-electron chi connectivity index (χ4n) is 1.35. The maximum Gasteiger partial charge on any atom is 0.402 e. The Morgan fingerprint density at radius 1 is 1.37 bits per heavy atom. The first-order chi connectivity index (χ1) is 8.58. The zero-order valence-electron chi connectivity index (χ0n) is 9.71. The fraction of sp³-hybridized carbons (Fsp3) is 0.400. The van der Waals surface area contributed by atoms with Gasteiger partial charge in [-0.1, -0.05) is 18.5 Å². The third-order valence-electron chi connectivity index (χ3n) is 2.24. The highest BCUT2D eigenvalue weighted by Crippen LogP contribution is 2.28. The van der Waals surface area contributed by atoms with E-state index in [1.54, 1.807) is 0 Å². The Kier molecular flexibility index (Phi) is 5.28. The van der Waals surface area contributed by atoms with E-state index in [9.17, 15) is 21.6 Å². The molecule has 1 rings (SSSR count). The van der Waals surface area contributed by atoms with Crippen molar-refractivity contribution in [2.75, 3.05) is 13.1 Å². The molecule has 0 heterocycles. The molecule has 1 aromatic carbocycles. The second-order valence-corrected chi connectivity index (χ2v) is 6.82. The van der Waals surface area contributed by atoms with E-state index in [-0.39, 0.29) is 16.5 Å². The molecule has 0 spiro atoms. The molecule has 0 amide bonds. The lowest BCUT2D eigenvalue weighted by Gasteiger charge is -2.22. The Hall–Kier alpha value is -0.310. The van der Waals surface area contributed by atoms with Crippen LogP contribution in [0, 0.1) is 0 Å². The second kappa shape index (κ2) is 5.99. The van der Waals surface area contributed by atoms with E-state index < -0.39 is 22.7 Å². The number of alkyl halides is 3. The van der Waals surface area contributed by atoms with Crippen LogP contribution in [0.4, 0.5) is 13.2 Å². The van der Waals surface area contributed by atoms with Crippen LogP contribution in [0.2, 0.25) is 5.02 Å². The van der Waals surface area contributed by atoms with Crippen LogP contribution >= 0.6 is 27.5 Å². The highest BCUT2D eigenvalue weighted by atomic mass is 79.9. The molecule has 0 aliphatic heterocycles. The molecule has 0 aliphatic carbocycles. The quantitative estimate of drug-likeness (QED) is 0.799. The summed E-state index contributed by atoms with van der Waals surface area (Å²) in [5, 5.41) is 0.276. The largest absolute Gasteiger partial charge is 0.402 e. The van der Waals surface area contributed by atoms with Gasteiger partial charge in [0.25, 0.3) is 0 Å². The lowest BCUT2D eigenvalue weighted by molar-refractivity contribution is -0.135. The van der Waals surface area contributed by atoms with Gasteiger partial charge in [-0.2, -0.15) is 17.5 Å². The first kappa shape index (κ1) is 16.7. The molecular formula is C10H10BrClF3NO2S. The topological polar surface area (TPSA) is 37.4 Å². The van der Waals surface area contributed by atoms with Gasteiger partial charge in [-0.3, -0.25) is 0 Å². The van der Waals surface area contributed by atoms with E-state index in [1.165, 1.54) is 25.1 Å². The number of hydrogen-bond donors (Lipinski definition) is 0. The molecule has 0 atom stereocenters. The van der Waals surface area contributed by atoms with Gasteiger partial charge < -0.3 is 0 Å². The van der Waals surface area contributed by atoms with Crippen LogP contribution in [0.25, 0.3) is 0 Å². The summed E-state index contributed by atoms with van der Waals surface area (Å²) < 4.78 is 61.8. The van der Waals surface area contributed by atoms with Crippen LogP contribution in [0.15, 0.2) is 27.6 Å². The number of hydrogen-bond acceptors (Lipinski definition) is 2. The molecule has 0 N–H and O–H groups in total. The standard InChI is InChI=1S/C10H10BrClF3NO2S/c1-2-16(6-10(13,14)15)19(17,18)7-3-4-9(12)8(11)5-7/h3-5H,2,6H2,1H3. The molecule has 0 aliphatic rings. The fourth-order valence-corrected chi connectivity index (χ4v) is 3.46. The third kappa shape index (κ3) is 4.34. The van der Waals surface area contributed by atoms with Gasteiger partial charge in [0.2, 0.25) is 10.0 Å². The highest BCUT2D eigenvalue weighted by Gasteiger charge is 2.36. The normalized spacial score (nSPS) is 13.0. The molecule has 0 radical (unpaired) electrons. The van der Waals surface area contributed by atoms with Crippen LogP contribution in [-0.4, -0.2) is 32.0 Å². The zero-order chi connectivity index (χ0) is 14.8. The van der Waals surface area contributed by atoms with E-state index in [0.717, 1.165) is 0 Å². The SMILES string of the molecule is CCN(CC(F)(F)F)S(=O)(=O)c1ccc(Cl)c(Br)c1. The van der Waals surface area contributed by atoms with E-state index in [4.69, 9.17) is 11.6 Å². The second-order valence-electron chi connectivity index (χ2n) is 3.62. The third-order valence-corrected chi connectivity index (χ3v) is 5.37. The molecule has 0 fully saturated rings. The number of sulfonamides is 1. The number of halogens is 5. The molecule has 0 unspecified atom stereocenters. The minimum absolute atomic E-state index is 0.241. The summed E-state index contributed by atoms with van der Waals surface area (Å²) >= 11 is 8.75. The van der Waals surface area contributed by atoms with Crippen molar-refractivity contribution in [3.63, 3.8) is 0 Å². The lowest BCUT2D eigenvalue weighted by atomic mass is 10.4. The van der Waals surface area contributed by atoms with Crippen LogP contribution in [-0.2, 0) is 10.0 Å². The molecule has 108 valence electrons. The van der Waals surface area contributed by atoms with Gasteiger partial charge in [-0.15, -0.1) is 0 Å². The minimum Gasteiger partial charge on any atom is -0.207 e. The number of rotatable bonds is 4. The summed E-state index contributed by atoms with van der Waals surface area (Å²) in [7, 11) is -4.20. The molecule has 0 saturated heterocycles. The summed E-state index contributed by atoms with van der Waals surface area (Å²) in [6.07, 6.45) is -4.59. The van der Waals surface area contributed by atoms with Crippen molar-refractivity contribution < 1.29 is 21.6 Å². The Bertz CT molecular complexity index is 562. The van der Waals surface area contributed by atoms with Crippen molar-refractivity contribution in [1.29, 1.82) is 0 Å². The predicted octanol–water partition coefficient (Wildman–Crippen LogP) is 3.68. The van der Waals surface area contributed by atoms with Crippen LogP contribution in [0.1, 0.15) is 6.92 Å². The molecule has 3 nitrogen and oxygen atoms in total. The summed E-state index contributed by atoms with van der Waals surface area (Å²) in [6, 6.07) is 3.65. The smallest absolute Gasteiger partial charge is 0.207 e. The highest BCUT2D eigenvalue weighted by molar-refractivity contribution is 9.10. The molecule has 0 aromatic heterocycles. The van der Waals surface area contributed by atoms with Crippen molar-refractivity contribution in [2.45, 2.75) is 18.0 Å². The van der Waals surface area contributed by atoms with E-state index in [0.29, 0.717) is 8.78 Å². The Morgan fingerprint density at radius 3 is 2.37 bits per heavy atom. The molecule has 9 heteroatoms. The van der Waals surface area contributed by atoms with Gasteiger partial charge in [0.1, 0.15) is 6.54 Å². The lowest BCUT2D eigenvalue weighted by Crippen LogP contribution is -2.38. The van der Waals surface area contributed by atoms with Gasteiger partial charge in [-0.25, -0.2) is 8.42 Å². The maximum atomic E-state index is 12.3. The van der Waals surface area contributed by atoms with E-state index >= 15 is 0 Å². The van der Waals surface area contributed by atoms with E-state index in [2.05, 4.69) is 15.9 Å². The van der Waals surface area contributed by atoms with E-state index in [1.807, 2.05) is 0 Å². The minimum atomic E-state index is -4.59. The Labute approximate surface area is 122 Å². The van der Waals surface area contributed by atoms with Crippen LogP contribution in [0.3, 0.4) is 0 Å². The summed E-state index contributed by atoms with van der Waals surface area (Å²) in [4.78, 5) is -0.241. The average molecular weight is 381 g/mol. The Morgan fingerprint density at radius 2 is 1.95 bits per heavy atom.